The monoisotopic (exact) mass is 353 g/mol. The van der Waals surface area contributed by atoms with E-state index in [2.05, 4.69) is 5.32 Å². The van der Waals surface area contributed by atoms with Gasteiger partial charge in [0.05, 0.1) is 18.2 Å². The van der Waals surface area contributed by atoms with E-state index in [4.69, 9.17) is 16.2 Å². The van der Waals surface area contributed by atoms with Gasteiger partial charge in [-0.1, -0.05) is 42.8 Å². The molecule has 0 saturated heterocycles. The van der Waals surface area contributed by atoms with Crippen LogP contribution in [0, 0.1) is 6.92 Å². The van der Waals surface area contributed by atoms with Crippen molar-refractivity contribution >= 4 is 11.6 Å². The van der Waals surface area contributed by atoms with Crippen LogP contribution in [-0.4, -0.2) is 12.5 Å². The van der Waals surface area contributed by atoms with Crippen LogP contribution in [-0.2, 0) is 4.79 Å². The first kappa shape index (κ1) is 19.5. The van der Waals surface area contributed by atoms with Gasteiger partial charge < -0.3 is 21.5 Å². The number of carbonyl (C=O) groups excluding carboxylic acids is 1. The molecule has 1 unspecified atom stereocenters. The number of benzene rings is 2. The Morgan fingerprint density at radius 3 is 2.42 bits per heavy atom. The van der Waals surface area contributed by atoms with Gasteiger partial charge in [0.25, 0.3) is 5.91 Å². The molecule has 0 heterocycles. The summed E-state index contributed by atoms with van der Waals surface area (Å²) in [5.41, 5.74) is 15.7. The molecule has 0 bridgehead atoms. The molecule has 0 radical (unpaired) electrons. The number of ether oxygens (including phenoxy) is 1. The fraction of sp³-hybridized carbons (Fsp3) is 0.286. The van der Waals surface area contributed by atoms with Crippen molar-refractivity contribution in [2.75, 3.05) is 11.9 Å². The molecule has 0 aromatic heterocycles. The van der Waals surface area contributed by atoms with Gasteiger partial charge in [-0.2, -0.15) is 0 Å². The number of allylic oxidation sites excluding steroid dienone is 1. The van der Waals surface area contributed by atoms with Crippen LogP contribution in [0.15, 0.2) is 59.8 Å². The minimum atomic E-state index is -0.682. The second-order valence-electron chi connectivity index (χ2n) is 6.28. The Hall–Kier alpha value is -2.79. The molecular formula is C21H27N3O2. The normalized spacial score (nSPS) is 12.9. The van der Waals surface area contributed by atoms with Gasteiger partial charge in [0.2, 0.25) is 0 Å². The van der Waals surface area contributed by atoms with E-state index in [1.54, 1.807) is 6.92 Å². The zero-order chi connectivity index (χ0) is 19.1. The molecular weight excluding hydrogens is 326 g/mol. The second kappa shape index (κ2) is 9.06. The van der Waals surface area contributed by atoms with Gasteiger partial charge in [0.15, 0.2) is 0 Å². The van der Waals surface area contributed by atoms with E-state index in [1.807, 2.05) is 62.4 Å². The predicted octanol–water partition coefficient (Wildman–Crippen LogP) is 3.66. The minimum absolute atomic E-state index is 0.313. The standard InChI is InChI=1S/C21H27N3O2/c1-4-13-26-18-8-6-5-7-17(18)20(23)19(15(3)22)21(25)24-16-11-9-14(2)10-12-16/h5-12,20H,4,13,22-23H2,1-3H3,(H,24,25)/b19-15+. The molecule has 5 N–H and O–H groups in total. The van der Waals surface area contributed by atoms with E-state index < -0.39 is 6.04 Å². The number of hydrogen-bond acceptors (Lipinski definition) is 4. The van der Waals surface area contributed by atoms with Gasteiger partial charge in [-0.25, -0.2) is 0 Å². The van der Waals surface area contributed by atoms with Crippen LogP contribution in [0.4, 0.5) is 5.69 Å². The number of aryl methyl sites for hydroxylation is 1. The molecule has 0 aliphatic heterocycles. The van der Waals surface area contributed by atoms with Crippen LogP contribution in [0.3, 0.4) is 0 Å². The third-order valence-electron chi connectivity index (χ3n) is 4.01. The lowest BCUT2D eigenvalue weighted by Gasteiger charge is -2.20. The van der Waals surface area contributed by atoms with E-state index in [9.17, 15) is 4.79 Å². The van der Waals surface area contributed by atoms with Crippen molar-refractivity contribution in [3.8, 4) is 5.75 Å². The maximum absolute atomic E-state index is 12.8. The van der Waals surface area contributed by atoms with Crippen LogP contribution in [0.5, 0.6) is 5.75 Å². The summed E-state index contributed by atoms with van der Waals surface area (Å²) in [5, 5.41) is 2.87. The first-order chi connectivity index (χ1) is 12.4. The van der Waals surface area contributed by atoms with Crippen molar-refractivity contribution in [3.05, 3.63) is 70.9 Å². The molecule has 26 heavy (non-hydrogen) atoms. The van der Waals surface area contributed by atoms with Gasteiger partial charge in [-0.05, 0) is 38.5 Å². The number of anilines is 1. The van der Waals surface area contributed by atoms with Crippen molar-refractivity contribution < 1.29 is 9.53 Å². The lowest BCUT2D eigenvalue weighted by molar-refractivity contribution is -0.113. The van der Waals surface area contributed by atoms with Gasteiger partial charge in [0.1, 0.15) is 5.75 Å². The number of carbonyl (C=O) groups is 1. The number of nitrogens with two attached hydrogens (primary N) is 2. The molecule has 2 rings (SSSR count). The topological polar surface area (TPSA) is 90.4 Å². The number of rotatable bonds is 7. The van der Waals surface area contributed by atoms with Gasteiger partial charge in [-0.3, -0.25) is 4.79 Å². The number of amides is 1. The lowest BCUT2D eigenvalue weighted by Crippen LogP contribution is -2.27. The molecule has 1 atom stereocenters. The number of nitrogens with one attached hydrogen (secondary N) is 1. The smallest absolute Gasteiger partial charge is 0.255 e. The largest absolute Gasteiger partial charge is 0.493 e. The first-order valence-electron chi connectivity index (χ1n) is 8.75. The average molecular weight is 353 g/mol. The summed E-state index contributed by atoms with van der Waals surface area (Å²) in [6.45, 7) is 6.29. The van der Waals surface area contributed by atoms with E-state index in [0.29, 0.717) is 29.3 Å². The number of para-hydroxylation sites is 1. The molecule has 0 spiro atoms. The highest BCUT2D eigenvalue weighted by Crippen LogP contribution is 2.30. The summed E-state index contributed by atoms with van der Waals surface area (Å²) >= 11 is 0. The SMILES string of the molecule is CCCOc1ccccc1C(N)/C(C(=O)Nc1ccc(C)cc1)=C(/C)N. The molecule has 5 heteroatoms. The highest BCUT2D eigenvalue weighted by molar-refractivity contribution is 6.05. The minimum Gasteiger partial charge on any atom is -0.493 e. The molecule has 1 amide bonds. The Morgan fingerprint density at radius 2 is 1.81 bits per heavy atom. The zero-order valence-electron chi connectivity index (χ0n) is 15.6. The fourth-order valence-corrected chi connectivity index (χ4v) is 2.64. The maximum atomic E-state index is 12.8. The van der Waals surface area contributed by atoms with Crippen LogP contribution < -0.4 is 21.5 Å². The fourth-order valence-electron chi connectivity index (χ4n) is 2.64. The summed E-state index contributed by atoms with van der Waals surface area (Å²) in [4.78, 5) is 12.8. The summed E-state index contributed by atoms with van der Waals surface area (Å²) in [6.07, 6.45) is 0.885. The molecule has 0 aliphatic rings. The molecule has 2 aromatic carbocycles. The highest BCUT2D eigenvalue weighted by atomic mass is 16.5. The summed E-state index contributed by atoms with van der Waals surface area (Å²) < 4.78 is 5.77. The van der Waals surface area contributed by atoms with Crippen LogP contribution in [0.25, 0.3) is 0 Å². The van der Waals surface area contributed by atoms with E-state index in [-0.39, 0.29) is 5.91 Å². The Morgan fingerprint density at radius 1 is 1.15 bits per heavy atom. The molecule has 0 fully saturated rings. The van der Waals surface area contributed by atoms with Crippen LogP contribution in [0.2, 0.25) is 0 Å². The van der Waals surface area contributed by atoms with Crippen molar-refractivity contribution in [1.29, 1.82) is 0 Å². The van der Waals surface area contributed by atoms with Gasteiger partial charge in [-0.15, -0.1) is 0 Å². The molecule has 138 valence electrons. The quantitative estimate of drug-likeness (QED) is 0.663. The van der Waals surface area contributed by atoms with E-state index in [0.717, 1.165) is 17.5 Å². The molecule has 0 aliphatic carbocycles. The van der Waals surface area contributed by atoms with E-state index in [1.165, 1.54) is 0 Å². The third kappa shape index (κ3) is 4.86. The van der Waals surface area contributed by atoms with Crippen molar-refractivity contribution in [2.24, 2.45) is 11.5 Å². The summed E-state index contributed by atoms with van der Waals surface area (Å²) in [5.74, 6) is 0.357. The third-order valence-corrected chi connectivity index (χ3v) is 4.01. The Balaban J connectivity index is 2.28. The zero-order valence-corrected chi connectivity index (χ0v) is 15.6. The van der Waals surface area contributed by atoms with Gasteiger partial charge >= 0.3 is 0 Å². The second-order valence-corrected chi connectivity index (χ2v) is 6.28. The van der Waals surface area contributed by atoms with Crippen molar-refractivity contribution in [1.82, 2.24) is 0 Å². The van der Waals surface area contributed by atoms with E-state index >= 15 is 0 Å². The molecule has 5 nitrogen and oxygen atoms in total. The van der Waals surface area contributed by atoms with Gasteiger partial charge in [0, 0.05) is 16.9 Å². The predicted molar refractivity (Wildman–Crippen MR) is 106 cm³/mol. The van der Waals surface area contributed by atoms with Crippen molar-refractivity contribution in [2.45, 2.75) is 33.2 Å². The van der Waals surface area contributed by atoms with Crippen LogP contribution in [0.1, 0.15) is 37.4 Å². The molecule has 0 saturated carbocycles. The summed E-state index contributed by atoms with van der Waals surface area (Å²) in [6, 6.07) is 14.3. The summed E-state index contributed by atoms with van der Waals surface area (Å²) in [7, 11) is 0. The maximum Gasteiger partial charge on any atom is 0.255 e. The Bertz CT molecular complexity index is 778. The average Bonchev–Trinajstić information content (AvgIpc) is 2.62. The van der Waals surface area contributed by atoms with Crippen molar-refractivity contribution in [3.63, 3.8) is 0 Å². The first-order valence-corrected chi connectivity index (χ1v) is 8.75. The number of hydrogen-bond donors (Lipinski definition) is 3. The van der Waals surface area contributed by atoms with Crippen LogP contribution >= 0.6 is 0 Å². The lowest BCUT2D eigenvalue weighted by atomic mass is 9.96. The molecule has 2 aromatic rings. The highest BCUT2D eigenvalue weighted by Gasteiger charge is 2.24. The Labute approximate surface area is 155 Å². The Kier molecular flexibility index (Phi) is 6.81.